The first-order valence-electron chi connectivity index (χ1n) is 10.9. The fourth-order valence-electron chi connectivity index (χ4n) is 4.47. The molecule has 1 amide bonds. The molecule has 1 fully saturated rings. The van der Waals surface area contributed by atoms with Crippen LogP contribution < -0.4 is 5.32 Å². The molecule has 30 heavy (non-hydrogen) atoms. The van der Waals surface area contributed by atoms with Gasteiger partial charge in [0.1, 0.15) is 11.9 Å². The van der Waals surface area contributed by atoms with Crippen LogP contribution in [0, 0.1) is 20.8 Å². The van der Waals surface area contributed by atoms with Crippen molar-refractivity contribution >= 4 is 16.9 Å². The molecule has 2 heterocycles. The lowest BCUT2D eigenvalue weighted by Crippen LogP contribution is -2.34. The number of carbonyl (C=O) groups excluding carboxylic acids is 1. The van der Waals surface area contributed by atoms with Crippen molar-refractivity contribution in [2.75, 3.05) is 13.2 Å². The number of para-hydroxylation sites is 2. The summed E-state index contributed by atoms with van der Waals surface area (Å²) in [5.41, 5.74) is 7.48. The third kappa shape index (κ3) is 4.41. The number of ether oxygens (including phenoxy) is 1. The van der Waals surface area contributed by atoms with Gasteiger partial charge in [-0.2, -0.15) is 0 Å². The van der Waals surface area contributed by atoms with E-state index in [1.165, 1.54) is 22.3 Å². The van der Waals surface area contributed by atoms with Crippen molar-refractivity contribution in [1.82, 2.24) is 14.9 Å². The van der Waals surface area contributed by atoms with Crippen LogP contribution in [0.2, 0.25) is 0 Å². The van der Waals surface area contributed by atoms with E-state index in [2.05, 4.69) is 61.0 Å². The zero-order chi connectivity index (χ0) is 21.1. The molecule has 1 atom stereocenters. The molecule has 158 valence electrons. The Bertz CT molecular complexity index is 1020. The summed E-state index contributed by atoms with van der Waals surface area (Å²) >= 11 is 0. The van der Waals surface area contributed by atoms with E-state index < -0.39 is 0 Å². The summed E-state index contributed by atoms with van der Waals surface area (Å²) in [6, 6.07) is 12.8. The zero-order valence-electron chi connectivity index (χ0n) is 18.2. The van der Waals surface area contributed by atoms with Gasteiger partial charge in [-0.1, -0.05) is 29.8 Å². The highest BCUT2D eigenvalue weighted by atomic mass is 16.5. The van der Waals surface area contributed by atoms with E-state index >= 15 is 0 Å². The van der Waals surface area contributed by atoms with Crippen molar-refractivity contribution < 1.29 is 9.53 Å². The Balaban J connectivity index is 1.50. The van der Waals surface area contributed by atoms with Crippen molar-refractivity contribution in [2.24, 2.45) is 0 Å². The first-order valence-corrected chi connectivity index (χ1v) is 10.9. The number of benzene rings is 2. The minimum atomic E-state index is -0.262. The number of imidazole rings is 1. The molecule has 3 aromatic rings. The lowest BCUT2D eigenvalue weighted by Gasteiger charge is -2.15. The summed E-state index contributed by atoms with van der Waals surface area (Å²) in [5.74, 6) is 1.09. The number of hydrogen-bond acceptors (Lipinski definition) is 3. The number of aryl methyl sites for hydroxylation is 4. The predicted molar refractivity (Wildman–Crippen MR) is 120 cm³/mol. The molecule has 5 heteroatoms. The van der Waals surface area contributed by atoms with Crippen molar-refractivity contribution in [2.45, 2.75) is 59.1 Å². The van der Waals surface area contributed by atoms with E-state index in [9.17, 15) is 4.79 Å². The molecule has 1 aromatic heterocycles. The van der Waals surface area contributed by atoms with Gasteiger partial charge in [0.05, 0.1) is 11.0 Å². The Morgan fingerprint density at radius 3 is 2.70 bits per heavy atom. The number of fused-ring (bicyclic) bond motifs is 1. The second kappa shape index (κ2) is 9.00. The lowest BCUT2D eigenvalue weighted by atomic mass is 9.99. The molecular formula is C25H31N3O2. The lowest BCUT2D eigenvalue weighted by molar-refractivity contribution is -0.130. The second-order valence-electron chi connectivity index (χ2n) is 8.38. The normalized spacial score (nSPS) is 16.3. The van der Waals surface area contributed by atoms with Crippen LogP contribution >= 0.6 is 0 Å². The predicted octanol–water partition coefficient (Wildman–Crippen LogP) is 4.24. The summed E-state index contributed by atoms with van der Waals surface area (Å²) in [6.07, 6.45) is 3.22. The maximum atomic E-state index is 12.2. The van der Waals surface area contributed by atoms with Gasteiger partial charge in [0.25, 0.3) is 0 Å². The first kappa shape index (κ1) is 20.6. The van der Waals surface area contributed by atoms with E-state index in [-0.39, 0.29) is 12.0 Å². The number of amides is 1. The summed E-state index contributed by atoms with van der Waals surface area (Å²) in [6.45, 7) is 8.68. The van der Waals surface area contributed by atoms with Crippen LogP contribution in [0.1, 0.15) is 47.3 Å². The molecule has 0 bridgehead atoms. The van der Waals surface area contributed by atoms with Gasteiger partial charge in [-0.3, -0.25) is 4.79 Å². The highest BCUT2D eigenvalue weighted by Gasteiger charge is 2.23. The van der Waals surface area contributed by atoms with Gasteiger partial charge in [-0.05, 0) is 68.9 Å². The van der Waals surface area contributed by atoms with Crippen LogP contribution in [0.15, 0.2) is 36.4 Å². The van der Waals surface area contributed by atoms with Gasteiger partial charge in [0.2, 0.25) is 5.91 Å². The molecule has 1 saturated heterocycles. The van der Waals surface area contributed by atoms with Crippen molar-refractivity contribution in [3.05, 3.63) is 64.5 Å². The Morgan fingerprint density at radius 1 is 1.20 bits per heavy atom. The molecule has 0 saturated carbocycles. The smallest absolute Gasteiger partial charge is 0.249 e. The largest absolute Gasteiger partial charge is 0.368 e. The maximum Gasteiger partial charge on any atom is 0.249 e. The summed E-state index contributed by atoms with van der Waals surface area (Å²) in [7, 11) is 0. The number of nitrogens with zero attached hydrogens (tertiary/aromatic N) is 2. The van der Waals surface area contributed by atoms with Crippen molar-refractivity contribution in [3.63, 3.8) is 0 Å². The van der Waals surface area contributed by atoms with Crippen LogP contribution in [0.25, 0.3) is 11.0 Å². The molecule has 0 aliphatic carbocycles. The topological polar surface area (TPSA) is 56.2 Å². The Labute approximate surface area is 178 Å². The van der Waals surface area contributed by atoms with Crippen molar-refractivity contribution in [3.8, 4) is 0 Å². The van der Waals surface area contributed by atoms with E-state index in [0.29, 0.717) is 13.2 Å². The monoisotopic (exact) mass is 405 g/mol. The van der Waals surface area contributed by atoms with Gasteiger partial charge in [-0.25, -0.2) is 4.98 Å². The van der Waals surface area contributed by atoms with E-state index in [4.69, 9.17) is 9.72 Å². The highest BCUT2D eigenvalue weighted by Crippen LogP contribution is 2.23. The van der Waals surface area contributed by atoms with Gasteiger partial charge in [0.15, 0.2) is 0 Å². The molecule has 1 unspecified atom stereocenters. The van der Waals surface area contributed by atoms with E-state index in [0.717, 1.165) is 49.1 Å². The Hall–Kier alpha value is -2.66. The van der Waals surface area contributed by atoms with Gasteiger partial charge in [0, 0.05) is 26.1 Å². The standard InChI is InChI=1S/C25H31N3O2/c1-17-14-18(2)20(19(3)15-17)16-28-22-9-5-4-8-21(22)27-24(28)11-6-12-26-25(29)23-10-7-13-30-23/h4-5,8-9,14-15,23H,6-7,10-13,16H2,1-3H3,(H,26,29). The summed E-state index contributed by atoms with van der Waals surface area (Å²) < 4.78 is 7.79. The summed E-state index contributed by atoms with van der Waals surface area (Å²) in [5, 5.41) is 3.02. The minimum absolute atomic E-state index is 0.0203. The zero-order valence-corrected chi connectivity index (χ0v) is 18.2. The molecule has 1 N–H and O–H groups in total. The second-order valence-corrected chi connectivity index (χ2v) is 8.38. The Morgan fingerprint density at radius 2 is 1.97 bits per heavy atom. The molecule has 1 aliphatic rings. The Kier molecular flexibility index (Phi) is 6.18. The molecular weight excluding hydrogens is 374 g/mol. The minimum Gasteiger partial charge on any atom is -0.368 e. The van der Waals surface area contributed by atoms with Crippen LogP contribution in [0.3, 0.4) is 0 Å². The number of rotatable bonds is 7. The first-order chi connectivity index (χ1) is 14.5. The van der Waals surface area contributed by atoms with Crippen LogP contribution in [0.4, 0.5) is 0 Å². The van der Waals surface area contributed by atoms with Crippen molar-refractivity contribution in [1.29, 1.82) is 0 Å². The van der Waals surface area contributed by atoms with Gasteiger partial charge in [-0.15, -0.1) is 0 Å². The fourth-order valence-corrected chi connectivity index (χ4v) is 4.47. The average Bonchev–Trinajstić information content (AvgIpc) is 3.36. The molecule has 0 spiro atoms. The van der Waals surface area contributed by atoms with Crippen LogP contribution in [0.5, 0.6) is 0 Å². The number of carbonyl (C=O) groups is 1. The molecule has 4 rings (SSSR count). The molecule has 2 aromatic carbocycles. The molecule has 0 radical (unpaired) electrons. The quantitative estimate of drug-likeness (QED) is 0.598. The molecule has 5 nitrogen and oxygen atoms in total. The fraction of sp³-hybridized carbons (Fsp3) is 0.440. The third-order valence-corrected chi connectivity index (χ3v) is 5.99. The van der Waals surface area contributed by atoms with Gasteiger partial charge < -0.3 is 14.6 Å². The SMILES string of the molecule is Cc1cc(C)c(Cn2c(CCCNC(=O)C3CCCO3)nc3ccccc32)c(C)c1. The summed E-state index contributed by atoms with van der Waals surface area (Å²) in [4.78, 5) is 17.1. The van der Waals surface area contributed by atoms with Gasteiger partial charge >= 0.3 is 0 Å². The number of aromatic nitrogens is 2. The average molecular weight is 406 g/mol. The third-order valence-electron chi connectivity index (χ3n) is 5.99. The number of hydrogen-bond donors (Lipinski definition) is 1. The van der Waals surface area contributed by atoms with E-state index in [1.54, 1.807) is 0 Å². The van der Waals surface area contributed by atoms with Crippen LogP contribution in [-0.4, -0.2) is 34.7 Å². The molecule has 1 aliphatic heterocycles. The van der Waals surface area contributed by atoms with E-state index in [1.807, 2.05) is 6.07 Å². The number of nitrogens with one attached hydrogen (secondary N) is 1. The maximum absolute atomic E-state index is 12.2. The van der Waals surface area contributed by atoms with Crippen LogP contribution in [-0.2, 0) is 22.5 Å². The highest BCUT2D eigenvalue weighted by molar-refractivity contribution is 5.81.